The Morgan fingerprint density at radius 3 is 2.57 bits per heavy atom. The molecule has 6 heteroatoms. The van der Waals surface area contributed by atoms with Gasteiger partial charge in [-0.15, -0.1) is 0 Å². The first-order valence-corrected chi connectivity index (χ1v) is 7.81. The lowest BCUT2D eigenvalue weighted by Crippen LogP contribution is -2.39. The van der Waals surface area contributed by atoms with E-state index in [0.717, 1.165) is 24.3 Å². The van der Waals surface area contributed by atoms with Crippen LogP contribution in [0.3, 0.4) is 0 Å². The second-order valence-electron chi connectivity index (χ2n) is 5.76. The van der Waals surface area contributed by atoms with E-state index in [2.05, 4.69) is 5.10 Å². The molecular formula is C17H21N3O3. The summed E-state index contributed by atoms with van der Waals surface area (Å²) in [7, 11) is 1.62. The predicted octanol–water partition coefficient (Wildman–Crippen LogP) is 1.73. The van der Waals surface area contributed by atoms with Crippen LogP contribution in [0, 0.1) is 5.92 Å². The van der Waals surface area contributed by atoms with Gasteiger partial charge in [-0.05, 0) is 49.1 Å². The van der Waals surface area contributed by atoms with Crippen molar-refractivity contribution < 1.29 is 14.6 Å². The zero-order valence-electron chi connectivity index (χ0n) is 13.2. The molecule has 3 rings (SSSR count). The molecule has 2 aromatic rings. The second kappa shape index (κ2) is 6.83. The quantitative estimate of drug-likeness (QED) is 0.933. The van der Waals surface area contributed by atoms with E-state index in [1.807, 2.05) is 29.2 Å². The number of ether oxygens (including phenoxy) is 1. The average Bonchev–Trinajstić information content (AvgIpc) is 3.11. The number of hydrogen-bond donors (Lipinski definition) is 1. The number of aliphatic hydroxyl groups is 1. The number of aromatic nitrogens is 2. The lowest BCUT2D eigenvalue weighted by Gasteiger charge is -2.30. The van der Waals surface area contributed by atoms with Crippen molar-refractivity contribution in [1.82, 2.24) is 14.7 Å². The zero-order valence-corrected chi connectivity index (χ0v) is 13.2. The minimum atomic E-state index is -0.0475. The summed E-state index contributed by atoms with van der Waals surface area (Å²) in [6.07, 6.45) is 3.48. The highest BCUT2D eigenvalue weighted by molar-refractivity contribution is 5.92. The third kappa shape index (κ3) is 3.37. The maximum atomic E-state index is 12.5. The minimum Gasteiger partial charge on any atom is -0.497 e. The van der Waals surface area contributed by atoms with Crippen molar-refractivity contribution in [2.24, 2.45) is 5.92 Å². The predicted molar refractivity (Wildman–Crippen MR) is 85.8 cm³/mol. The lowest BCUT2D eigenvalue weighted by atomic mass is 9.98. The van der Waals surface area contributed by atoms with Crippen LogP contribution in [-0.4, -0.2) is 52.5 Å². The first kappa shape index (κ1) is 15.6. The molecule has 0 aliphatic carbocycles. The van der Waals surface area contributed by atoms with Crippen LogP contribution in [0.5, 0.6) is 5.75 Å². The molecule has 0 atom stereocenters. The van der Waals surface area contributed by atoms with Gasteiger partial charge in [-0.25, -0.2) is 4.68 Å². The van der Waals surface area contributed by atoms with Crippen LogP contribution in [0.25, 0.3) is 5.69 Å². The van der Waals surface area contributed by atoms with E-state index >= 15 is 0 Å². The number of amides is 1. The van der Waals surface area contributed by atoms with Gasteiger partial charge in [0.2, 0.25) is 0 Å². The van der Waals surface area contributed by atoms with Crippen LogP contribution in [0.4, 0.5) is 0 Å². The third-order valence-electron chi connectivity index (χ3n) is 4.31. The fourth-order valence-electron chi connectivity index (χ4n) is 2.80. The molecule has 0 bridgehead atoms. The maximum Gasteiger partial charge on any atom is 0.274 e. The van der Waals surface area contributed by atoms with Crippen molar-refractivity contribution in [3.05, 3.63) is 42.2 Å². The molecule has 0 unspecified atom stereocenters. The molecule has 0 saturated carbocycles. The fraction of sp³-hybridized carbons (Fsp3) is 0.412. The van der Waals surface area contributed by atoms with Crippen LogP contribution in [-0.2, 0) is 0 Å². The van der Waals surface area contributed by atoms with Crippen molar-refractivity contribution in [1.29, 1.82) is 0 Å². The molecule has 1 aromatic carbocycles. The summed E-state index contributed by atoms with van der Waals surface area (Å²) in [5.41, 5.74) is 1.33. The summed E-state index contributed by atoms with van der Waals surface area (Å²) in [5, 5.41) is 13.6. The second-order valence-corrected chi connectivity index (χ2v) is 5.76. The van der Waals surface area contributed by atoms with Crippen molar-refractivity contribution in [2.75, 3.05) is 26.8 Å². The Morgan fingerprint density at radius 2 is 1.96 bits per heavy atom. The SMILES string of the molecule is COc1ccc(-n2ccc(C(=O)N3CCC(CO)CC3)n2)cc1. The maximum absolute atomic E-state index is 12.5. The van der Waals surface area contributed by atoms with E-state index in [0.29, 0.717) is 24.7 Å². The first-order valence-electron chi connectivity index (χ1n) is 7.81. The molecule has 23 heavy (non-hydrogen) atoms. The van der Waals surface area contributed by atoms with Gasteiger partial charge in [0.15, 0.2) is 5.69 Å². The normalized spacial score (nSPS) is 15.7. The number of carbonyl (C=O) groups is 1. The molecule has 1 amide bonds. The van der Waals surface area contributed by atoms with Crippen molar-refractivity contribution in [2.45, 2.75) is 12.8 Å². The van der Waals surface area contributed by atoms with Crippen LogP contribution in [0.2, 0.25) is 0 Å². The number of piperidine rings is 1. The van der Waals surface area contributed by atoms with Gasteiger partial charge in [0.25, 0.3) is 5.91 Å². The van der Waals surface area contributed by atoms with Gasteiger partial charge in [0.1, 0.15) is 5.75 Å². The lowest BCUT2D eigenvalue weighted by molar-refractivity contribution is 0.0644. The number of benzene rings is 1. The Kier molecular flexibility index (Phi) is 4.62. The third-order valence-corrected chi connectivity index (χ3v) is 4.31. The monoisotopic (exact) mass is 315 g/mol. The number of methoxy groups -OCH3 is 1. The van der Waals surface area contributed by atoms with Crippen LogP contribution in [0.15, 0.2) is 36.5 Å². The number of aliphatic hydroxyl groups excluding tert-OH is 1. The molecule has 1 aliphatic heterocycles. The highest BCUT2D eigenvalue weighted by Crippen LogP contribution is 2.19. The van der Waals surface area contributed by atoms with E-state index < -0.39 is 0 Å². The molecule has 122 valence electrons. The van der Waals surface area contributed by atoms with Crippen LogP contribution < -0.4 is 4.74 Å². The Balaban J connectivity index is 1.69. The van der Waals surface area contributed by atoms with Crippen LogP contribution >= 0.6 is 0 Å². The topological polar surface area (TPSA) is 67.6 Å². The molecule has 1 fully saturated rings. The molecule has 0 spiro atoms. The smallest absolute Gasteiger partial charge is 0.274 e. The average molecular weight is 315 g/mol. The van der Waals surface area contributed by atoms with Crippen LogP contribution in [0.1, 0.15) is 23.3 Å². The minimum absolute atomic E-state index is 0.0475. The van der Waals surface area contributed by atoms with E-state index in [4.69, 9.17) is 4.74 Å². The number of carbonyl (C=O) groups excluding carboxylic acids is 1. The van der Waals surface area contributed by atoms with Crippen molar-refractivity contribution >= 4 is 5.91 Å². The number of rotatable bonds is 4. The summed E-state index contributed by atoms with van der Waals surface area (Å²) >= 11 is 0. The summed E-state index contributed by atoms with van der Waals surface area (Å²) in [6.45, 7) is 1.56. The van der Waals surface area contributed by atoms with Gasteiger partial charge < -0.3 is 14.7 Å². The number of hydrogen-bond acceptors (Lipinski definition) is 4. The van der Waals surface area contributed by atoms with Crippen molar-refractivity contribution in [3.63, 3.8) is 0 Å². The summed E-state index contributed by atoms with van der Waals surface area (Å²) in [4.78, 5) is 14.3. The van der Waals surface area contributed by atoms with Gasteiger partial charge in [-0.2, -0.15) is 5.10 Å². The summed E-state index contributed by atoms with van der Waals surface area (Å²) < 4.78 is 6.83. The number of nitrogens with zero attached hydrogens (tertiary/aromatic N) is 3. The highest BCUT2D eigenvalue weighted by Gasteiger charge is 2.24. The Morgan fingerprint density at radius 1 is 1.26 bits per heavy atom. The zero-order chi connectivity index (χ0) is 16.2. The van der Waals surface area contributed by atoms with Gasteiger partial charge in [-0.3, -0.25) is 4.79 Å². The molecule has 1 N–H and O–H groups in total. The molecule has 1 saturated heterocycles. The summed E-state index contributed by atoms with van der Waals surface area (Å²) in [5.74, 6) is 1.05. The molecule has 1 aliphatic rings. The van der Waals surface area contributed by atoms with E-state index in [-0.39, 0.29) is 12.5 Å². The van der Waals surface area contributed by atoms with E-state index in [1.54, 1.807) is 24.1 Å². The Hall–Kier alpha value is -2.34. The molecule has 2 heterocycles. The standard InChI is InChI=1S/C17H21N3O3/c1-23-15-4-2-14(3-5-15)20-11-8-16(18-20)17(22)19-9-6-13(12-21)7-10-19/h2-5,8,11,13,21H,6-7,9-10,12H2,1H3. The highest BCUT2D eigenvalue weighted by atomic mass is 16.5. The Labute approximate surface area is 135 Å². The number of likely N-dealkylation sites (tertiary alicyclic amines) is 1. The van der Waals surface area contributed by atoms with E-state index in [1.165, 1.54) is 0 Å². The first-order chi connectivity index (χ1) is 11.2. The van der Waals surface area contributed by atoms with Gasteiger partial charge >= 0.3 is 0 Å². The van der Waals surface area contributed by atoms with Gasteiger partial charge in [0.05, 0.1) is 12.8 Å². The van der Waals surface area contributed by atoms with E-state index in [9.17, 15) is 9.90 Å². The van der Waals surface area contributed by atoms with Crippen molar-refractivity contribution in [3.8, 4) is 11.4 Å². The molecule has 1 aromatic heterocycles. The van der Waals surface area contributed by atoms with Gasteiger partial charge in [-0.1, -0.05) is 0 Å². The molecular weight excluding hydrogens is 294 g/mol. The van der Waals surface area contributed by atoms with Gasteiger partial charge in [0, 0.05) is 25.9 Å². The summed E-state index contributed by atoms with van der Waals surface area (Å²) in [6, 6.07) is 9.25. The Bertz CT molecular complexity index is 658. The largest absolute Gasteiger partial charge is 0.497 e. The fourth-order valence-corrected chi connectivity index (χ4v) is 2.80. The molecule has 0 radical (unpaired) electrons. The molecule has 6 nitrogen and oxygen atoms in total.